The summed E-state index contributed by atoms with van der Waals surface area (Å²) in [4.78, 5) is 11.9. The number of carbonyl (C=O) groups excluding carboxylic acids is 1. The molecule has 0 heterocycles. The van der Waals surface area contributed by atoms with Crippen molar-refractivity contribution < 1.29 is 13.2 Å². The number of benzene rings is 1. The van der Waals surface area contributed by atoms with Crippen molar-refractivity contribution in [2.75, 3.05) is 11.9 Å². The van der Waals surface area contributed by atoms with Gasteiger partial charge in [0.25, 0.3) is 0 Å². The second kappa shape index (κ2) is 8.48. The van der Waals surface area contributed by atoms with Crippen LogP contribution in [-0.2, 0) is 10.0 Å². The van der Waals surface area contributed by atoms with Gasteiger partial charge in [0.1, 0.15) is 0 Å². The van der Waals surface area contributed by atoms with Crippen molar-refractivity contribution >= 4 is 21.7 Å². The van der Waals surface area contributed by atoms with E-state index in [0.29, 0.717) is 18.2 Å². The molecule has 1 aliphatic carbocycles. The maximum atomic E-state index is 12.4. The zero-order valence-corrected chi connectivity index (χ0v) is 15.2. The van der Waals surface area contributed by atoms with Gasteiger partial charge in [-0.2, -0.15) is 0 Å². The Hall–Kier alpha value is -1.60. The second-order valence-electron chi connectivity index (χ2n) is 6.71. The van der Waals surface area contributed by atoms with E-state index in [4.69, 9.17) is 0 Å². The van der Waals surface area contributed by atoms with Crippen LogP contribution in [0.15, 0.2) is 29.2 Å². The minimum atomic E-state index is -3.50. The molecule has 2 rings (SSSR count). The lowest BCUT2D eigenvalue weighted by atomic mass is 9.96. The van der Waals surface area contributed by atoms with Crippen LogP contribution in [-0.4, -0.2) is 27.0 Å². The van der Waals surface area contributed by atoms with Crippen molar-refractivity contribution in [2.45, 2.75) is 56.9 Å². The van der Waals surface area contributed by atoms with Crippen LogP contribution >= 0.6 is 0 Å². The summed E-state index contributed by atoms with van der Waals surface area (Å²) in [6.45, 7) is 4.61. The van der Waals surface area contributed by atoms with E-state index in [1.165, 1.54) is 18.6 Å². The van der Waals surface area contributed by atoms with Gasteiger partial charge in [-0.15, -0.1) is 0 Å². The van der Waals surface area contributed by atoms with E-state index in [1.807, 2.05) is 13.8 Å². The van der Waals surface area contributed by atoms with E-state index in [0.717, 1.165) is 25.7 Å². The van der Waals surface area contributed by atoms with Gasteiger partial charge >= 0.3 is 6.03 Å². The summed E-state index contributed by atoms with van der Waals surface area (Å²) in [6, 6.07) is 5.98. The number of hydrogen-bond donors (Lipinski definition) is 3. The molecular weight excluding hydrogens is 326 g/mol. The molecule has 0 aromatic heterocycles. The largest absolute Gasteiger partial charge is 0.338 e. The molecule has 1 aliphatic rings. The number of amides is 2. The van der Waals surface area contributed by atoms with Gasteiger partial charge in [0.2, 0.25) is 10.0 Å². The number of hydrogen-bond acceptors (Lipinski definition) is 3. The third kappa shape index (κ3) is 5.79. The van der Waals surface area contributed by atoms with E-state index in [9.17, 15) is 13.2 Å². The monoisotopic (exact) mass is 353 g/mol. The average Bonchev–Trinajstić information content (AvgIpc) is 2.54. The number of carbonyl (C=O) groups is 1. The summed E-state index contributed by atoms with van der Waals surface area (Å²) in [6.07, 6.45) is 5.12. The predicted molar refractivity (Wildman–Crippen MR) is 95.5 cm³/mol. The Bertz CT molecular complexity index is 636. The molecule has 0 atom stereocenters. The van der Waals surface area contributed by atoms with Gasteiger partial charge in [0.05, 0.1) is 4.90 Å². The highest BCUT2D eigenvalue weighted by Gasteiger charge is 2.21. The molecule has 0 aliphatic heterocycles. The summed E-state index contributed by atoms with van der Waals surface area (Å²) in [5.41, 5.74) is 0.563. The van der Waals surface area contributed by atoms with Crippen molar-refractivity contribution in [3.8, 4) is 0 Å². The topological polar surface area (TPSA) is 87.3 Å². The maximum absolute atomic E-state index is 12.4. The highest BCUT2D eigenvalue weighted by atomic mass is 32.2. The number of anilines is 1. The molecule has 1 saturated carbocycles. The van der Waals surface area contributed by atoms with Gasteiger partial charge in [0, 0.05) is 18.3 Å². The first-order valence-electron chi connectivity index (χ1n) is 8.54. The van der Waals surface area contributed by atoms with Gasteiger partial charge in [-0.05, 0) is 43.0 Å². The summed E-state index contributed by atoms with van der Waals surface area (Å²) in [5, 5.41) is 5.44. The van der Waals surface area contributed by atoms with Crippen molar-refractivity contribution in [1.29, 1.82) is 0 Å². The second-order valence-corrected chi connectivity index (χ2v) is 8.42. The van der Waals surface area contributed by atoms with Crippen molar-refractivity contribution in [1.82, 2.24) is 10.0 Å². The van der Waals surface area contributed by atoms with Gasteiger partial charge < -0.3 is 10.6 Å². The normalized spacial score (nSPS) is 16.1. The number of urea groups is 1. The van der Waals surface area contributed by atoms with E-state index in [-0.39, 0.29) is 17.0 Å². The van der Waals surface area contributed by atoms with Gasteiger partial charge in [0.15, 0.2) is 0 Å². The number of nitrogens with one attached hydrogen (secondary N) is 3. The van der Waals surface area contributed by atoms with E-state index >= 15 is 0 Å². The fourth-order valence-electron chi connectivity index (χ4n) is 2.70. The number of sulfonamides is 1. The van der Waals surface area contributed by atoms with Crippen LogP contribution < -0.4 is 15.4 Å². The molecule has 3 N–H and O–H groups in total. The Morgan fingerprint density at radius 2 is 1.75 bits per heavy atom. The molecule has 24 heavy (non-hydrogen) atoms. The predicted octanol–water partition coefficient (Wildman–Crippen LogP) is 3.08. The minimum absolute atomic E-state index is 0.0309. The molecule has 0 bridgehead atoms. The van der Waals surface area contributed by atoms with Crippen molar-refractivity contribution in [3.63, 3.8) is 0 Å². The smallest absolute Gasteiger partial charge is 0.319 e. The fourth-order valence-corrected chi connectivity index (χ4v) is 4.00. The lowest BCUT2D eigenvalue weighted by molar-refractivity contribution is 0.251. The van der Waals surface area contributed by atoms with Crippen LogP contribution in [0.25, 0.3) is 0 Å². The Morgan fingerprint density at radius 1 is 1.12 bits per heavy atom. The van der Waals surface area contributed by atoms with Crippen LogP contribution in [0.2, 0.25) is 0 Å². The van der Waals surface area contributed by atoms with Crippen LogP contribution in [0.1, 0.15) is 46.0 Å². The number of rotatable bonds is 6. The van der Waals surface area contributed by atoms with Crippen LogP contribution in [0.3, 0.4) is 0 Å². The first-order chi connectivity index (χ1) is 11.4. The lowest BCUT2D eigenvalue weighted by Gasteiger charge is -2.22. The molecule has 2 amide bonds. The summed E-state index contributed by atoms with van der Waals surface area (Å²) < 4.78 is 27.6. The highest BCUT2D eigenvalue weighted by Crippen LogP contribution is 2.20. The van der Waals surface area contributed by atoms with E-state index in [1.54, 1.807) is 12.1 Å². The third-order valence-electron chi connectivity index (χ3n) is 4.02. The Labute approximate surface area is 144 Å². The molecule has 0 radical (unpaired) electrons. The molecule has 1 fully saturated rings. The lowest BCUT2D eigenvalue weighted by Crippen LogP contribution is -2.36. The third-order valence-corrected chi connectivity index (χ3v) is 5.56. The average molecular weight is 353 g/mol. The molecule has 7 heteroatoms. The molecule has 1 aromatic carbocycles. The van der Waals surface area contributed by atoms with Crippen LogP contribution in [0.4, 0.5) is 10.5 Å². The Kier molecular flexibility index (Phi) is 6.62. The summed E-state index contributed by atoms with van der Waals surface area (Å²) >= 11 is 0. The SMILES string of the molecule is CC(C)CNC(=O)Nc1ccc(S(=O)(=O)NC2CCCCC2)cc1. The van der Waals surface area contributed by atoms with Crippen LogP contribution in [0, 0.1) is 5.92 Å². The molecule has 0 saturated heterocycles. The highest BCUT2D eigenvalue weighted by molar-refractivity contribution is 7.89. The molecule has 6 nitrogen and oxygen atoms in total. The Morgan fingerprint density at radius 3 is 2.33 bits per heavy atom. The quantitative estimate of drug-likeness (QED) is 0.734. The zero-order chi connectivity index (χ0) is 17.6. The molecule has 1 aromatic rings. The summed E-state index contributed by atoms with van der Waals surface area (Å²) in [5.74, 6) is 0.370. The summed E-state index contributed by atoms with van der Waals surface area (Å²) in [7, 11) is -3.50. The van der Waals surface area contributed by atoms with Gasteiger partial charge in [-0.25, -0.2) is 17.9 Å². The van der Waals surface area contributed by atoms with Gasteiger partial charge in [-0.1, -0.05) is 33.1 Å². The van der Waals surface area contributed by atoms with Gasteiger partial charge in [-0.3, -0.25) is 0 Å². The fraction of sp³-hybridized carbons (Fsp3) is 0.588. The maximum Gasteiger partial charge on any atom is 0.319 e. The van der Waals surface area contributed by atoms with E-state index < -0.39 is 10.0 Å². The zero-order valence-electron chi connectivity index (χ0n) is 14.3. The van der Waals surface area contributed by atoms with E-state index in [2.05, 4.69) is 15.4 Å². The standard InChI is InChI=1S/C17H27N3O3S/c1-13(2)12-18-17(21)19-14-8-10-16(11-9-14)24(22,23)20-15-6-4-3-5-7-15/h8-11,13,15,20H,3-7,12H2,1-2H3,(H2,18,19,21). The minimum Gasteiger partial charge on any atom is -0.338 e. The molecular formula is C17H27N3O3S. The Balaban J connectivity index is 1.93. The molecule has 0 unspecified atom stereocenters. The van der Waals surface area contributed by atoms with Crippen LogP contribution in [0.5, 0.6) is 0 Å². The van der Waals surface area contributed by atoms with Crippen molar-refractivity contribution in [3.05, 3.63) is 24.3 Å². The first kappa shape index (κ1) is 18.7. The van der Waals surface area contributed by atoms with Crippen molar-refractivity contribution in [2.24, 2.45) is 5.92 Å². The molecule has 134 valence electrons. The first-order valence-corrected chi connectivity index (χ1v) is 10.0. The molecule has 0 spiro atoms.